The van der Waals surface area contributed by atoms with Crippen molar-refractivity contribution in [2.75, 3.05) is 5.32 Å². The van der Waals surface area contributed by atoms with Gasteiger partial charge in [0.05, 0.1) is 0 Å². The fourth-order valence-corrected chi connectivity index (χ4v) is 4.32. The summed E-state index contributed by atoms with van der Waals surface area (Å²) in [5, 5.41) is 5.03. The third-order valence-corrected chi connectivity index (χ3v) is 5.57. The smallest absolute Gasteiger partial charge is 0.307 e. The summed E-state index contributed by atoms with van der Waals surface area (Å²) in [5.74, 6) is 0. The van der Waals surface area contributed by atoms with Crippen LogP contribution in [0.5, 0.6) is 0 Å². The third-order valence-electron chi connectivity index (χ3n) is 4.99. The summed E-state index contributed by atoms with van der Waals surface area (Å²) in [5.41, 5.74) is 7.81. The van der Waals surface area contributed by atoms with E-state index >= 15 is 0 Å². The zero-order valence-electron chi connectivity index (χ0n) is 14.2. The van der Waals surface area contributed by atoms with Crippen LogP contribution in [-0.2, 0) is 25.7 Å². The van der Waals surface area contributed by atoms with Crippen LogP contribution in [0.3, 0.4) is 0 Å². The van der Waals surface area contributed by atoms with Crippen molar-refractivity contribution in [3.05, 3.63) is 69.6 Å². The number of carbonyl (C=O) groups is 1. The number of nitrogens with one attached hydrogen (secondary N) is 2. The first kappa shape index (κ1) is 16.3. The molecule has 0 spiro atoms. The highest BCUT2D eigenvalue weighted by Crippen LogP contribution is 2.38. The second-order valence-electron chi connectivity index (χ2n) is 6.62. The maximum absolute atomic E-state index is 12.3. The van der Waals surface area contributed by atoms with E-state index in [-0.39, 0.29) is 6.03 Å². The molecular weight excluding hydrogens is 328 g/mol. The van der Waals surface area contributed by atoms with Crippen molar-refractivity contribution in [2.24, 2.45) is 0 Å². The summed E-state index contributed by atoms with van der Waals surface area (Å²) in [6.45, 7) is 0. The molecule has 0 unspecified atom stereocenters. The Bertz CT molecular complexity index is 782. The molecule has 0 saturated carbocycles. The molecule has 2 aromatic carbocycles. The van der Waals surface area contributed by atoms with Crippen molar-refractivity contribution in [3.8, 4) is 0 Å². The summed E-state index contributed by atoms with van der Waals surface area (Å²) in [6, 6.07) is 12.3. The van der Waals surface area contributed by atoms with Crippen LogP contribution in [-0.4, -0.2) is 6.03 Å². The van der Waals surface area contributed by atoms with Crippen molar-refractivity contribution < 1.29 is 4.79 Å². The molecule has 0 aromatic heterocycles. The predicted molar refractivity (Wildman–Crippen MR) is 106 cm³/mol. The second kappa shape index (κ2) is 7.36. The molecular formula is C21H22N2OS. The summed E-state index contributed by atoms with van der Waals surface area (Å²) in [7, 11) is 0. The minimum Gasteiger partial charge on any atom is -0.307 e. The van der Waals surface area contributed by atoms with Gasteiger partial charge in [0.25, 0.3) is 0 Å². The quantitative estimate of drug-likeness (QED) is 0.753. The molecule has 0 atom stereocenters. The maximum Gasteiger partial charge on any atom is 0.329 e. The summed E-state index contributed by atoms with van der Waals surface area (Å²) < 4.78 is 2.86. The van der Waals surface area contributed by atoms with Crippen LogP contribution in [0.4, 0.5) is 10.5 Å². The Morgan fingerprint density at radius 2 is 1.64 bits per heavy atom. The molecule has 0 heterocycles. The highest BCUT2D eigenvalue weighted by molar-refractivity contribution is 8.00. The lowest BCUT2D eigenvalue weighted by Crippen LogP contribution is -2.23. The molecule has 2 aliphatic carbocycles. The van der Waals surface area contributed by atoms with Gasteiger partial charge in [0.15, 0.2) is 0 Å². The van der Waals surface area contributed by atoms with E-state index < -0.39 is 0 Å². The molecule has 2 aliphatic rings. The number of urea groups is 1. The summed E-state index contributed by atoms with van der Waals surface area (Å²) >= 11 is 1.30. The minimum absolute atomic E-state index is 0.142. The van der Waals surface area contributed by atoms with Crippen molar-refractivity contribution in [3.63, 3.8) is 0 Å². The zero-order chi connectivity index (χ0) is 17.1. The number of hydrogen-bond acceptors (Lipinski definition) is 2. The Balaban J connectivity index is 1.41. The number of fused-ring (bicyclic) bond motifs is 2. The van der Waals surface area contributed by atoms with E-state index in [0.29, 0.717) is 0 Å². The Hall–Kier alpha value is -2.20. The zero-order valence-corrected chi connectivity index (χ0v) is 15.0. The standard InChI is InChI=1S/C21H22N2OS/c24-21(23-25-13-12-15-6-2-1-3-7-15)22-20-18-10-4-8-16(18)14-17-9-5-11-19(17)20/h1-3,6-7,12-14H,4-5,8-11H2,(H2,22,23,24)/b13-12+. The maximum atomic E-state index is 12.3. The number of aryl methyl sites for hydroxylation is 2. The lowest BCUT2D eigenvalue weighted by Gasteiger charge is -2.16. The van der Waals surface area contributed by atoms with Gasteiger partial charge in [-0.2, -0.15) is 0 Å². The highest BCUT2D eigenvalue weighted by atomic mass is 32.2. The number of carbonyl (C=O) groups excluding carboxylic acids is 1. The molecule has 2 amide bonds. The van der Waals surface area contributed by atoms with Gasteiger partial charge in [-0.25, -0.2) is 4.79 Å². The first-order valence-electron chi connectivity index (χ1n) is 8.92. The molecule has 0 fully saturated rings. The lowest BCUT2D eigenvalue weighted by molar-refractivity contribution is 0.257. The van der Waals surface area contributed by atoms with Crippen LogP contribution >= 0.6 is 11.9 Å². The Labute approximate surface area is 153 Å². The molecule has 0 saturated heterocycles. The fourth-order valence-electron chi connectivity index (χ4n) is 3.87. The van der Waals surface area contributed by atoms with E-state index in [0.717, 1.165) is 36.9 Å². The lowest BCUT2D eigenvalue weighted by atomic mass is 9.99. The Morgan fingerprint density at radius 3 is 2.32 bits per heavy atom. The topological polar surface area (TPSA) is 41.1 Å². The molecule has 25 heavy (non-hydrogen) atoms. The SMILES string of the molecule is O=C(NS/C=C/c1ccccc1)Nc1c2c(cc3c1CCC3)CCC2. The average Bonchev–Trinajstić information content (AvgIpc) is 3.28. The number of hydrogen-bond donors (Lipinski definition) is 2. The first-order valence-corrected chi connectivity index (χ1v) is 9.80. The van der Waals surface area contributed by atoms with Gasteiger partial charge in [-0.15, -0.1) is 0 Å². The highest BCUT2D eigenvalue weighted by Gasteiger charge is 2.24. The molecule has 2 N–H and O–H groups in total. The van der Waals surface area contributed by atoms with Crippen molar-refractivity contribution in [1.82, 2.24) is 4.72 Å². The van der Waals surface area contributed by atoms with E-state index in [2.05, 4.69) is 16.1 Å². The van der Waals surface area contributed by atoms with E-state index in [9.17, 15) is 4.79 Å². The number of anilines is 1. The molecule has 0 bridgehead atoms. The Morgan fingerprint density at radius 1 is 0.960 bits per heavy atom. The number of rotatable bonds is 4. The largest absolute Gasteiger partial charge is 0.329 e. The molecule has 2 aromatic rings. The first-order chi connectivity index (χ1) is 12.3. The van der Waals surface area contributed by atoms with Gasteiger partial charge in [0.2, 0.25) is 0 Å². The van der Waals surface area contributed by atoms with Gasteiger partial charge >= 0.3 is 6.03 Å². The van der Waals surface area contributed by atoms with Crippen LogP contribution < -0.4 is 10.0 Å². The van der Waals surface area contributed by atoms with Crippen molar-refractivity contribution >= 4 is 29.7 Å². The molecule has 3 nitrogen and oxygen atoms in total. The summed E-state index contributed by atoms with van der Waals surface area (Å²) in [6.07, 6.45) is 8.84. The average molecular weight is 350 g/mol. The van der Waals surface area contributed by atoms with E-state index in [1.807, 2.05) is 41.8 Å². The van der Waals surface area contributed by atoms with E-state index in [4.69, 9.17) is 0 Å². The van der Waals surface area contributed by atoms with Crippen molar-refractivity contribution in [1.29, 1.82) is 0 Å². The molecule has 128 valence electrons. The van der Waals surface area contributed by atoms with E-state index in [1.54, 1.807) is 0 Å². The molecule has 0 aliphatic heterocycles. The van der Waals surface area contributed by atoms with Crippen LogP contribution in [0.2, 0.25) is 0 Å². The number of amides is 2. The molecule has 4 rings (SSSR count). The number of benzene rings is 2. The van der Waals surface area contributed by atoms with Gasteiger partial charge in [-0.3, -0.25) is 4.72 Å². The minimum atomic E-state index is -0.142. The van der Waals surface area contributed by atoms with Crippen LogP contribution in [0.25, 0.3) is 6.08 Å². The van der Waals surface area contributed by atoms with Crippen LogP contribution in [0, 0.1) is 0 Å². The molecule has 4 heteroatoms. The summed E-state index contributed by atoms with van der Waals surface area (Å²) in [4.78, 5) is 12.3. The second-order valence-corrected chi connectivity index (χ2v) is 7.33. The van der Waals surface area contributed by atoms with Gasteiger partial charge in [0.1, 0.15) is 0 Å². The molecule has 0 radical (unpaired) electrons. The normalized spacial score (nSPS) is 15.2. The van der Waals surface area contributed by atoms with Crippen LogP contribution in [0.1, 0.15) is 40.7 Å². The van der Waals surface area contributed by atoms with Gasteiger partial charge < -0.3 is 5.32 Å². The third kappa shape index (κ3) is 3.59. The fraction of sp³-hybridized carbons (Fsp3) is 0.286. The Kier molecular flexibility index (Phi) is 4.79. The van der Waals surface area contributed by atoms with Gasteiger partial charge in [-0.05, 0) is 89.8 Å². The van der Waals surface area contributed by atoms with Gasteiger partial charge in [0, 0.05) is 5.69 Å². The predicted octanol–water partition coefficient (Wildman–Crippen LogP) is 5.10. The van der Waals surface area contributed by atoms with E-state index in [1.165, 1.54) is 47.0 Å². The van der Waals surface area contributed by atoms with Crippen LogP contribution in [0.15, 0.2) is 41.8 Å². The monoisotopic (exact) mass is 350 g/mol. The van der Waals surface area contributed by atoms with Crippen molar-refractivity contribution in [2.45, 2.75) is 38.5 Å². The van der Waals surface area contributed by atoms with Gasteiger partial charge in [-0.1, -0.05) is 36.4 Å².